The van der Waals surface area contributed by atoms with Crippen LogP contribution in [0, 0.1) is 0 Å². The molecule has 0 unspecified atom stereocenters. The second-order valence-corrected chi connectivity index (χ2v) is 7.33. The molecule has 0 radical (unpaired) electrons. The van der Waals surface area contributed by atoms with Crippen molar-refractivity contribution in [1.82, 2.24) is 4.98 Å². The van der Waals surface area contributed by atoms with Crippen molar-refractivity contribution in [2.45, 2.75) is 6.04 Å². The summed E-state index contributed by atoms with van der Waals surface area (Å²) in [5, 5.41) is 13.9. The van der Waals surface area contributed by atoms with Crippen LogP contribution in [-0.2, 0) is 4.79 Å². The number of hydrogen-bond donors (Lipinski definition) is 2. The van der Waals surface area contributed by atoms with Crippen LogP contribution in [-0.4, -0.2) is 32.9 Å². The lowest BCUT2D eigenvalue weighted by Gasteiger charge is -2.05. The Balaban J connectivity index is 1.62. The number of nitrogens with one attached hydrogen (secondary N) is 1. The van der Waals surface area contributed by atoms with Crippen molar-refractivity contribution in [3.8, 4) is 0 Å². The lowest BCUT2D eigenvalue weighted by Crippen LogP contribution is -2.17. The highest BCUT2D eigenvalue weighted by Crippen LogP contribution is 2.31. The number of carboxylic acids is 1. The Morgan fingerprint density at radius 2 is 2.00 bits per heavy atom. The van der Waals surface area contributed by atoms with Gasteiger partial charge in [0.2, 0.25) is 0 Å². The number of aliphatic carboxylic acids is 1. The first-order chi connectivity index (χ1) is 11.7. The minimum atomic E-state index is -0.882. The van der Waals surface area contributed by atoms with E-state index in [1.54, 1.807) is 0 Å². The molecule has 0 saturated carbocycles. The van der Waals surface area contributed by atoms with Crippen molar-refractivity contribution < 1.29 is 9.90 Å². The molecule has 0 aliphatic carbocycles. The molecule has 1 aliphatic rings. The van der Waals surface area contributed by atoms with Gasteiger partial charge >= 0.3 is 5.97 Å². The second-order valence-electron chi connectivity index (χ2n) is 5.29. The predicted molar refractivity (Wildman–Crippen MR) is 99.8 cm³/mol. The summed E-state index contributed by atoms with van der Waals surface area (Å²) in [5.41, 5.74) is 2.92. The van der Waals surface area contributed by atoms with E-state index in [2.05, 4.69) is 21.4 Å². The van der Waals surface area contributed by atoms with E-state index in [-0.39, 0.29) is 0 Å². The molecule has 120 valence electrons. The van der Waals surface area contributed by atoms with E-state index in [9.17, 15) is 4.79 Å². The molecule has 0 amide bonds. The fraction of sp³-hybridized carbons (Fsp3) is 0.118. The largest absolute Gasteiger partial charge is 0.480 e. The van der Waals surface area contributed by atoms with Crippen LogP contribution in [0.1, 0.15) is 5.01 Å². The molecule has 3 aromatic rings. The van der Waals surface area contributed by atoms with Crippen LogP contribution in [0.2, 0.25) is 0 Å². The lowest BCUT2D eigenvalue weighted by molar-refractivity contribution is -0.137. The molecule has 24 heavy (non-hydrogen) atoms. The fourth-order valence-corrected chi connectivity index (χ4v) is 4.50. The molecule has 0 fully saturated rings. The normalized spacial score (nSPS) is 17.0. The van der Waals surface area contributed by atoms with Crippen molar-refractivity contribution in [2.75, 3.05) is 11.1 Å². The topological polar surface area (TPSA) is 74.6 Å². The highest BCUT2D eigenvalue weighted by atomic mass is 32.2. The molecule has 1 atom stereocenters. The Morgan fingerprint density at radius 3 is 2.75 bits per heavy atom. The quantitative estimate of drug-likeness (QED) is 0.740. The SMILES string of the molecule is O=C(O)[C@H]1CSC(c2nc3ccc(Nc4ccccc4)cc3s2)=N1. The molecule has 2 N–H and O–H groups in total. The van der Waals surface area contributed by atoms with Crippen molar-refractivity contribution >= 4 is 55.7 Å². The van der Waals surface area contributed by atoms with E-state index in [0.717, 1.165) is 31.6 Å². The first kappa shape index (κ1) is 15.2. The highest BCUT2D eigenvalue weighted by molar-refractivity contribution is 8.15. The standard InChI is InChI=1S/C17H13N3O2S2/c21-17(22)13-9-23-15(20-13)16-19-12-7-6-11(8-14(12)24-16)18-10-4-2-1-3-5-10/h1-8,13,18H,9H2,(H,21,22)/t13-/m1/s1. The average molecular weight is 355 g/mol. The van der Waals surface area contributed by atoms with E-state index >= 15 is 0 Å². The van der Waals surface area contributed by atoms with Gasteiger partial charge in [-0.05, 0) is 30.3 Å². The molecule has 7 heteroatoms. The number of aromatic nitrogens is 1. The maximum absolute atomic E-state index is 11.0. The van der Waals surface area contributed by atoms with Gasteiger partial charge < -0.3 is 10.4 Å². The maximum Gasteiger partial charge on any atom is 0.329 e. The summed E-state index contributed by atoms with van der Waals surface area (Å²) in [4.78, 5) is 19.9. The molecule has 1 aromatic heterocycles. The molecular formula is C17H13N3O2S2. The van der Waals surface area contributed by atoms with Gasteiger partial charge in [-0.15, -0.1) is 23.1 Å². The van der Waals surface area contributed by atoms with Crippen molar-refractivity contribution in [1.29, 1.82) is 0 Å². The molecule has 2 heterocycles. The number of hydrogen-bond acceptors (Lipinski definition) is 6. The van der Waals surface area contributed by atoms with E-state index < -0.39 is 12.0 Å². The van der Waals surface area contributed by atoms with Gasteiger partial charge in [-0.3, -0.25) is 4.99 Å². The Hall–Kier alpha value is -2.38. The number of benzene rings is 2. The summed E-state index contributed by atoms with van der Waals surface area (Å²) in [7, 11) is 0. The maximum atomic E-state index is 11.0. The minimum absolute atomic E-state index is 0.474. The van der Waals surface area contributed by atoms with Crippen LogP contribution in [0.4, 0.5) is 11.4 Å². The lowest BCUT2D eigenvalue weighted by atomic mass is 10.2. The summed E-state index contributed by atoms with van der Waals surface area (Å²) in [6.45, 7) is 0. The van der Waals surface area contributed by atoms with Crippen LogP contribution >= 0.6 is 23.1 Å². The number of nitrogens with zero attached hydrogens (tertiary/aromatic N) is 2. The first-order valence-electron chi connectivity index (χ1n) is 7.35. The third-order valence-corrected chi connectivity index (χ3v) is 5.78. The van der Waals surface area contributed by atoms with Gasteiger partial charge in [0, 0.05) is 17.1 Å². The molecule has 0 bridgehead atoms. The van der Waals surface area contributed by atoms with Crippen molar-refractivity contribution in [3.05, 3.63) is 53.5 Å². The van der Waals surface area contributed by atoms with Crippen molar-refractivity contribution in [2.24, 2.45) is 4.99 Å². The smallest absolute Gasteiger partial charge is 0.329 e. The van der Waals surface area contributed by atoms with Crippen LogP contribution in [0.5, 0.6) is 0 Å². The number of fused-ring (bicyclic) bond motifs is 1. The van der Waals surface area contributed by atoms with Crippen LogP contribution in [0.25, 0.3) is 10.2 Å². The van der Waals surface area contributed by atoms with E-state index in [0.29, 0.717) is 5.75 Å². The number of anilines is 2. The summed E-state index contributed by atoms with van der Waals surface area (Å²) in [6.07, 6.45) is 0. The van der Waals surface area contributed by atoms with Crippen molar-refractivity contribution in [3.63, 3.8) is 0 Å². The fourth-order valence-electron chi connectivity index (χ4n) is 2.40. The predicted octanol–water partition coefficient (Wildman–Crippen LogP) is 3.99. The molecule has 5 nitrogen and oxygen atoms in total. The van der Waals surface area contributed by atoms with Gasteiger partial charge in [0.15, 0.2) is 6.04 Å². The van der Waals surface area contributed by atoms with Crippen LogP contribution < -0.4 is 5.32 Å². The third kappa shape index (κ3) is 3.00. The second kappa shape index (κ2) is 6.26. The van der Waals surface area contributed by atoms with E-state index in [1.165, 1.54) is 23.1 Å². The molecular weight excluding hydrogens is 342 g/mol. The molecule has 0 spiro atoms. The van der Waals surface area contributed by atoms with Crippen LogP contribution in [0.3, 0.4) is 0 Å². The zero-order chi connectivity index (χ0) is 16.5. The van der Waals surface area contributed by atoms with Crippen LogP contribution in [0.15, 0.2) is 53.5 Å². The van der Waals surface area contributed by atoms with Gasteiger partial charge in [0.05, 0.1) is 10.2 Å². The monoisotopic (exact) mass is 355 g/mol. The third-order valence-electron chi connectivity index (χ3n) is 3.57. The Morgan fingerprint density at radius 1 is 1.17 bits per heavy atom. The minimum Gasteiger partial charge on any atom is -0.480 e. The van der Waals surface area contributed by atoms with Gasteiger partial charge in [-0.2, -0.15) is 0 Å². The first-order valence-corrected chi connectivity index (χ1v) is 9.16. The summed E-state index contributed by atoms with van der Waals surface area (Å²) < 4.78 is 1.05. The van der Waals surface area contributed by atoms with Gasteiger partial charge in [0.25, 0.3) is 0 Å². The van der Waals surface area contributed by atoms with E-state index in [4.69, 9.17) is 5.11 Å². The Kier molecular flexibility index (Phi) is 3.95. The summed E-state index contributed by atoms with van der Waals surface area (Å²) in [5.74, 6) is -0.408. The zero-order valence-corrected chi connectivity index (χ0v) is 14.1. The molecule has 1 aliphatic heterocycles. The summed E-state index contributed by atoms with van der Waals surface area (Å²) in [6, 6.07) is 15.3. The number of rotatable bonds is 4. The van der Waals surface area contributed by atoms with Gasteiger partial charge in [-0.1, -0.05) is 18.2 Å². The number of aliphatic imine (C=N–C) groups is 1. The number of para-hydroxylation sites is 1. The molecule has 0 saturated heterocycles. The highest BCUT2D eigenvalue weighted by Gasteiger charge is 2.26. The Bertz CT molecular complexity index is 937. The van der Waals surface area contributed by atoms with Gasteiger partial charge in [0.1, 0.15) is 10.1 Å². The van der Waals surface area contributed by atoms with Gasteiger partial charge in [-0.25, -0.2) is 9.78 Å². The number of thiazole rings is 1. The van der Waals surface area contributed by atoms with E-state index in [1.807, 2.05) is 42.5 Å². The zero-order valence-electron chi connectivity index (χ0n) is 12.5. The molecule has 2 aromatic carbocycles. The summed E-state index contributed by atoms with van der Waals surface area (Å²) >= 11 is 2.99. The average Bonchev–Trinajstić information content (AvgIpc) is 3.22. The number of thioether (sulfide) groups is 1. The Labute approximate surface area is 146 Å². The number of carboxylic acid groups (broad SMARTS) is 1. The number of carbonyl (C=O) groups is 1. The molecule has 4 rings (SSSR count).